The van der Waals surface area contributed by atoms with Crippen molar-refractivity contribution in [2.45, 2.75) is 58.0 Å². The highest BCUT2D eigenvalue weighted by Gasteiger charge is 2.39. The van der Waals surface area contributed by atoms with Gasteiger partial charge in [0.15, 0.2) is 0 Å². The molecular weight excluding hydrogens is 687 g/mol. The molecule has 8 heteroatoms. The lowest BCUT2D eigenvalue weighted by Gasteiger charge is -2.29. The standard InChI is InChI=1S/C47H43N3O5/c1-2-40(30-8-4-3-5-9-30)45(31-11-17-38(51)18-12-31)32-13-19-39(20-14-32)55-25-7-6-10-37-28-35-26-34(16-22-42(35)48-37)33-15-21-41-36(27-33)29-50(47(41)54)43-23-24-44(52)49-46(43)53/h3-5,8-9,11-22,26-28,43,48,51H,2,6-7,10,23-25,29H2,1H3,(H,49,52,53)/b45-40-. The van der Waals surface area contributed by atoms with Gasteiger partial charge < -0.3 is 19.7 Å². The summed E-state index contributed by atoms with van der Waals surface area (Å²) in [5.74, 6) is 0.235. The van der Waals surface area contributed by atoms with E-state index in [0.717, 1.165) is 75.7 Å². The van der Waals surface area contributed by atoms with Crippen LogP contribution in [-0.4, -0.2) is 45.4 Å². The Morgan fingerprint density at radius 3 is 2.27 bits per heavy atom. The molecule has 3 heterocycles. The summed E-state index contributed by atoms with van der Waals surface area (Å²) in [6.45, 7) is 3.15. The van der Waals surface area contributed by atoms with E-state index in [1.807, 2.05) is 48.5 Å². The number of ether oxygens (including phenoxy) is 1. The zero-order chi connectivity index (χ0) is 37.9. The average molecular weight is 730 g/mol. The van der Waals surface area contributed by atoms with E-state index in [1.165, 1.54) is 16.8 Å². The Bertz CT molecular complexity index is 2410. The van der Waals surface area contributed by atoms with Crippen LogP contribution in [0.25, 0.3) is 33.2 Å². The van der Waals surface area contributed by atoms with Crippen molar-refractivity contribution >= 4 is 39.8 Å². The molecule has 5 aromatic carbocycles. The number of nitrogens with zero attached hydrogens (tertiary/aromatic N) is 1. The lowest BCUT2D eigenvalue weighted by molar-refractivity contribution is -0.136. The number of allylic oxidation sites excluding steroid dienone is 1. The molecule has 8 nitrogen and oxygen atoms in total. The number of hydrogen-bond donors (Lipinski definition) is 3. The van der Waals surface area contributed by atoms with Gasteiger partial charge in [-0.3, -0.25) is 19.7 Å². The van der Waals surface area contributed by atoms with E-state index < -0.39 is 11.9 Å². The summed E-state index contributed by atoms with van der Waals surface area (Å²) in [6.07, 6.45) is 4.25. The maximum absolute atomic E-state index is 13.1. The van der Waals surface area contributed by atoms with E-state index in [1.54, 1.807) is 17.0 Å². The highest BCUT2D eigenvalue weighted by Crippen LogP contribution is 2.36. The van der Waals surface area contributed by atoms with Gasteiger partial charge >= 0.3 is 0 Å². The molecule has 8 rings (SSSR count). The molecule has 2 aliphatic rings. The van der Waals surface area contributed by atoms with E-state index in [-0.39, 0.29) is 24.0 Å². The van der Waals surface area contributed by atoms with Gasteiger partial charge in [-0.15, -0.1) is 0 Å². The fourth-order valence-electron chi connectivity index (χ4n) is 7.89. The van der Waals surface area contributed by atoms with Gasteiger partial charge in [0.1, 0.15) is 17.5 Å². The predicted octanol–water partition coefficient (Wildman–Crippen LogP) is 9.07. The van der Waals surface area contributed by atoms with Crippen LogP contribution < -0.4 is 10.1 Å². The van der Waals surface area contributed by atoms with Crippen molar-refractivity contribution in [3.63, 3.8) is 0 Å². The Labute approximate surface area is 320 Å². The normalized spacial score (nSPS) is 15.9. The van der Waals surface area contributed by atoms with E-state index in [4.69, 9.17) is 4.74 Å². The second-order valence-electron chi connectivity index (χ2n) is 14.3. The van der Waals surface area contributed by atoms with Gasteiger partial charge in [-0.2, -0.15) is 0 Å². The predicted molar refractivity (Wildman–Crippen MR) is 215 cm³/mol. The third kappa shape index (κ3) is 7.53. The van der Waals surface area contributed by atoms with Crippen molar-refractivity contribution in [3.05, 3.63) is 155 Å². The average Bonchev–Trinajstić information content (AvgIpc) is 3.77. The highest BCUT2D eigenvalue weighted by molar-refractivity contribution is 6.05. The molecule has 276 valence electrons. The molecule has 1 aromatic heterocycles. The molecule has 1 atom stereocenters. The van der Waals surface area contributed by atoms with Crippen LogP contribution in [0.5, 0.6) is 11.5 Å². The van der Waals surface area contributed by atoms with Crippen LogP contribution >= 0.6 is 0 Å². The van der Waals surface area contributed by atoms with E-state index in [2.05, 4.69) is 77.9 Å². The number of rotatable bonds is 12. The van der Waals surface area contributed by atoms with Crippen LogP contribution in [0.3, 0.4) is 0 Å². The molecule has 0 saturated carbocycles. The van der Waals surface area contributed by atoms with Crippen molar-refractivity contribution in [1.82, 2.24) is 15.2 Å². The topological polar surface area (TPSA) is 112 Å². The number of carbonyl (C=O) groups excluding carboxylic acids is 3. The quantitative estimate of drug-likeness (QED) is 0.0661. The second kappa shape index (κ2) is 15.5. The second-order valence-corrected chi connectivity index (χ2v) is 14.3. The van der Waals surface area contributed by atoms with Crippen molar-refractivity contribution in [3.8, 4) is 22.6 Å². The molecule has 3 N–H and O–H groups in total. The number of unbranched alkanes of at least 4 members (excludes halogenated alkanes) is 1. The van der Waals surface area contributed by atoms with Crippen LogP contribution in [-0.2, 0) is 22.6 Å². The molecule has 1 unspecified atom stereocenters. The van der Waals surface area contributed by atoms with E-state index in [9.17, 15) is 19.5 Å². The largest absolute Gasteiger partial charge is 0.508 e. The van der Waals surface area contributed by atoms with Gasteiger partial charge in [-0.05, 0) is 131 Å². The minimum atomic E-state index is -0.622. The number of aromatic nitrogens is 1. The summed E-state index contributed by atoms with van der Waals surface area (Å²) in [7, 11) is 0. The Morgan fingerprint density at radius 2 is 1.53 bits per heavy atom. The smallest absolute Gasteiger partial charge is 0.255 e. The lowest BCUT2D eigenvalue weighted by Crippen LogP contribution is -2.52. The van der Waals surface area contributed by atoms with Gasteiger partial charge in [-0.1, -0.05) is 73.7 Å². The number of fused-ring (bicyclic) bond motifs is 2. The van der Waals surface area contributed by atoms with Crippen LogP contribution in [0.1, 0.15) is 77.3 Å². The maximum atomic E-state index is 13.1. The minimum absolute atomic E-state index is 0.164. The van der Waals surface area contributed by atoms with Crippen molar-refractivity contribution < 1.29 is 24.2 Å². The maximum Gasteiger partial charge on any atom is 0.255 e. The highest BCUT2D eigenvalue weighted by atomic mass is 16.5. The number of carbonyl (C=O) groups is 3. The number of amides is 3. The van der Waals surface area contributed by atoms with E-state index >= 15 is 0 Å². The fraction of sp³-hybridized carbons (Fsp3) is 0.213. The summed E-state index contributed by atoms with van der Waals surface area (Å²) in [4.78, 5) is 42.4. The zero-order valence-electron chi connectivity index (χ0n) is 30.8. The Balaban J connectivity index is 0.878. The number of H-pyrrole nitrogens is 1. The Hall–Kier alpha value is -6.41. The molecule has 1 fully saturated rings. The summed E-state index contributed by atoms with van der Waals surface area (Å²) in [5, 5.41) is 13.4. The molecule has 55 heavy (non-hydrogen) atoms. The van der Waals surface area contributed by atoms with Gasteiger partial charge in [0.05, 0.1) is 6.61 Å². The van der Waals surface area contributed by atoms with Crippen LogP contribution in [0.4, 0.5) is 0 Å². The van der Waals surface area contributed by atoms with Crippen molar-refractivity contribution in [1.29, 1.82) is 0 Å². The first-order valence-corrected chi connectivity index (χ1v) is 19.1. The fourth-order valence-corrected chi connectivity index (χ4v) is 7.89. The number of nitrogens with one attached hydrogen (secondary N) is 2. The van der Waals surface area contributed by atoms with Gasteiger partial charge in [-0.25, -0.2) is 0 Å². The number of imide groups is 1. The molecule has 0 aliphatic carbocycles. The van der Waals surface area contributed by atoms with Crippen LogP contribution in [0.2, 0.25) is 0 Å². The first-order chi connectivity index (χ1) is 26.8. The summed E-state index contributed by atoms with van der Waals surface area (Å²) in [6, 6.07) is 40.0. The zero-order valence-corrected chi connectivity index (χ0v) is 30.8. The molecule has 6 aromatic rings. The molecule has 0 spiro atoms. The van der Waals surface area contributed by atoms with Crippen molar-refractivity contribution in [2.75, 3.05) is 6.61 Å². The molecular formula is C47H43N3O5. The van der Waals surface area contributed by atoms with Crippen LogP contribution in [0, 0.1) is 0 Å². The first-order valence-electron chi connectivity index (χ1n) is 19.1. The number of phenols is 1. The molecule has 3 amide bonds. The van der Waals surface area contributed by atoms with Gasteiger partial charge in [0.25, 0.3) is 5.91 Å². The Kier molecular flexibility index (Phi) is 10.0. The van der Waals surface area contributed by atoms with Gasteiger partial charge in [0.2, 0.25) is 11.8 Å². The SMILES string of the molecule is CC/C(=C(\c1ccc(O)cc1)c1ccc(OCCCCc2cc3cc(-c4ccc5c(c4)CN(C4CCC(=O)NC4=O)C5=O)ccc3[nH]2)cc1)c1ccccc1. The number of aryl methyl sites for hydroxylation is 1. The molecule has 1 saturated heterocycles. The summed E-state index contributed by atoms with van der Waals surface area (Å²) >= 11 is 0. The summed E-state index contributed by atoms with van der Waals surface area (Å²) < 4.78 is 6.17. The number of piperidine rings is 1. The molecule has 0 radical (unpaired) electrons. The molecule has 0 bridgehead atoms. The number of aromatic amines is 1. The van der Waals surface area contributed by atoms with Crippen molar-refractivity contribution in [2.24, 2.45) is 0 Å². The number of aromatic hydroxyl groups is 1. The Morgan fingerprint density at radius 1 is 0.800 bits per heavy atom. The number of phenolic OH excluding ortho intramolecular Hbond substituents is 1. The monoisotopic (exact) mass is 729 g/mol. The third-order valence-corrected chi connectivity index (χ3v) is 10.7. The molecule has 2 aliphatic heterocycles. The van der Waals surface area contributed by atoms with E-state index in [0.29, 0.717) is 25.1 Å². The lowest BCUT2D eigenvalue weighted by atomic mass is 9.88. The first kappa shape index (κ1) is 35.6. The number of hydrogen-bond acceptors (Lipinski definition) is 5. The minimum Gasteiger partial charge on any atom is -0.508 e. The third-order valence-electron chi connectivity index (χ3n) is 10.7. The number of benzene rings is 5. The van der Waals surface area contributed by atoms with Crippen LogP contribution in [0.15, 0.2) is 121 Å². The summed E-state index contributed by atoms with van der Waals surface area (Å²) in [5.41, 5.74) is 11.6. The van der Waals surface area contributed by atoms with Gasteiger partial charge in [0, 0.05) is 35.1 Å².